The van der Waals surface area contributed by atoms with Gasteiger partial charge in [-0.25, -0.2) is 4.39 Å². The summed E-state index contributed by atoms with van der Waals surface area (Å²) < 4.78 is 13.3. The number of carbonyl (C=O) groups is 1. The Morgan fingerprint density at radius 3 is 2.81 bits per heavy atom. The van der Waals surface area contributed by atoms with E-state index in [0.717, 1.165) is 0 Å². The summed E-state index contributed by atoms with van der Waals surface area (Å²) in [5.41, 5.74) is 0.682. The molecule has 0 aromatic heterocycles. The van der Waals surface area contributed by atoms with E-state index in [1.807, 2.05) is 20.1 Å². The zero-order valence-electron chi connectivity index (χ0n) is 12.5. The van der Waals surface area contributed by atoms with Crippen molar-refractivity contribution in [3.63, 3.8) is 0 Å². The Labute approximate surface area is 129 Å². The SMILES string of the molecule is CSC(C)(C)CNC(=O)c1cc(F)ccc1C#CCCO. The molecule has 0 radical (unpaired) electrons. The molecule has 3 nitrogen and oxygen atoms in total. The molecule has 0 saturated carbocycles. The number of benzene rings is 1. The van der Waals surface area contributed by atoms with Crippen molar-refractivity contribution in [2.45, 2.75) is 25.0 Å². The average Bonchev–Trinajstić information content (AvgIpc) is 2.46. The van der Waals surface area contributed by atoms with Crippen molar-refractivity contribution in [3.8, 4) is 11.8 Å². The van der Waals surface area contributed by atoms with Crippen LogP contribution in [0.25, 0.3) is 0 Å². The fourth-order valence-corrected chi connectivity index (χ4v) is 1.70. The van der Waals surface area contributed by atoms with Crippen LogP contribution >= 0.6 is 11.8 Å². The van der Waals surface area contributed by atoms with Crippen LogP contribution in [-0.2, 0) is 0 Å². The van der Waals surface area contributed by atoms with Crippen LogP contribution in [0, 0.1) is 17.7 Å². The molecule has 1 rings (SSSR count). The molecule has 1 aromatic rings. The first-order valence-corrected chi connectivity index (χ1v) is 7.85. The fourth-order valence-electron chi connectivity index (χ4n) is 1.49. The van der Waals surface area contributed by atoms with Crippen molar-refractivity contribution in [1.82, 2.24) is 5.32 Å². The van der Waals surface area contributed by atoms with E-state index in [4.69, 9.17) is 5.11 Å². The van der Waals surface area contributed by atoms with Crippen molar-refractivity contribution in [1.29, 1.82) is 0 Å². The average molecular weight is 309 g/mol. The van der Waals surface area contributed by atoms with E-state index in [1.165, 1.54) is 18.2 Å². The summed E-state index contributed by atoms with van der Waals surface area (Å²) in [5.74, 6) is 4.72. The second-order valence-corrected chi connectivity index (χ2v) is 6.63. The lowest BCUT2D eigenvalue weighted by atomic mass is 10.1. The van der Waals surface area contributed by atoms with Gasteiger partial charge in [0.15, 0.2) is 0 Å². The highest BCUT2D eigenvalue weighted by Crippen LogP contribution is 2.20. The van der Waals surface area contributed by atoms with Crippen molar-refractivity contribution in [3.05, 3.63) is 35.1 Å². The van der Waals surface area contributed by atoms with Crippen molar-refractivity contribution in [2.24, 2.45) is 0 Å². The maximum absolute atomic E-state index is 13.4. The molecule has 114 valence electrons. The van der Waals surface area contributed by atoms with Gasteiger partial charge in [-0.05, 0) is 38.3 Å². The quantitative estimate of drug-likeness (QED) is 0.821. The van der Waals surface area contributed by atoms with Crippen LogP contribution in [0.4, 0.5) is 4.39 Å². The van der Waals surface area contributed by atoms with E-state index in [0.29, 0.717) is 18.5 Å². The monoisotopic (exact) mass is 309 g/mol. The van der Waals surface area contributed by atoms with Gasteiger partial charge in [-0.3, -0.25) is 4.79 Å². The molecule has 0 aliphatic rings. The van der Waals surface area contributed by atoms with E-state index in [2.05, 4.69) is 17.2 Å². The van der Waals surface area contributed by atoms with Gasteiger partial charge in [0.25, 0.3) is 5.91 Å². The van der Waals surface area contributed by atoms with Crippen LogP contribution in [0.2, 0.25) is 0 Å². The number of rotatable bonds is 5. The highest BCUT2D eigenvalue weighted by molar-refractivity contribution is 7.99. The first-order valence-electron chi connectivity index (χ1n) is 6.62. The lowest BCUT2D eigenvalue weighted by Gasteiger charge is -2.22. The second kappa shape index (κ2) is 8.06. The highest BCUT2D eigenvalue weighted by Gasteiger charge is 2.19. The predicted octanol–water partition coefficient (Wildman–Crippen LogP) is 2.43. The molecule has 0 fully saturated rings. The minimum absolute atomic E-state index is 0.0440. The van der Waals surface area contributed by atoms with Crippen LogP contribution < -0.4 is 5.32 Å². The molecule has 0 heterocycles. The summed E-state index contributed by atoms with van der Waals surface area (Å²) in [6, 6.07) is 3.93. The Balaban J connectivity index is 2.92. The van der Waals surface area contributed by atoms with Crippen molar-refractivity contribution in [2.75, 3.05) is 19.4 Å². The van der Waals surface area contributed by atoms with Crippen LogP contribution in [0.3, 0.4) is 0 Å². The highest BCUT2D eigenvalue weighted by atomic mass is 32.2. The van der Waals surface area contributed by atoms with Gasteiger partial charge in [0.1, 0.15) is 5.82 Å². The molecule has 1 amide bonds. The van der Waals surface area contributed by atoms with Gasteiger partial charge in [0.2, 0.25) is 0 Å². The number of halogens is 1. The van der Waals surface area contributed by atoms with Gasteiger partial charge in [0.05, 0.1) is 12.2 Å². The first kappa shape index (κ1) is 17.5. The third kappa shape index (κ3) is 5.78. The molecule has 1 aromatic carbocycles. The standard InChI is InChI=1S/C16H20FNO2S/c1-16(2,21-3)11-18-15(20)14-10-13(17)8-7-12(14)6-4-5-9-19/h7-8,10,19H,5,9,11H2,1-3H3,(H,18,20). The number of nitrogens with one attached hydrogen (secondary N) is 1. The molecule has 0 spiro atoms. The zero-order valence-corrected chi connectivity index (χ0v) is 13.3. The van der Waals surface area contributed by atoms with E-state index >= 15 is 0 Å². The van der Waals surface area contributed by atoms with Crippen LogP contribution in [0.1, 0.15) is 36.2 Å². The smallest absolute Gasteiger partial charge is 0.252 e. The van der Waals surface area contributed by atoms with Crippen LogP contribution in [0.5, 0.6) is 0 Å². The summed E-state index contributed by atoms with van der Waals surface area (Å²) in [5, 5.41) is 11.5. The van der Waals surface area contributed by atoms with E-state index in [9.17, 15) is 9.18 Å². The molecule has 0 saturated heterocycles. The molecular weight excluding hydrogens is 289 g/mol. The first-order chi connectivity index (χ1) is 9.89. The number of hydrogen-bond donors (Lipinski definition) is 2. The Hall–Kier alpha value is -1.51. The summed E-state index contributed by atoms with van der Waals surface area (Å²) in [6.45, 7) is 4.47. The van der Waals surface area contributed by atoms with Gasteiger partial charge in [-0.15, -0.1) is 0 Å². The molecule has 0 bridgehead atoms. The minimum atomic E-state index is -0.475. The van der Waals surface area contributed by atoms with E-state index < -0.39 is 5.82 Å². The second-order valence-electron chi connectivity index (χ2n) is 5.11. The molecule has 0 aliphatic carbocycles. The number of aliphatic hydroxyl groups excluding tert-OH is 1. The topological polar surface area (TPSA) is 49.3 Å². The van der Waals surface area contributed by atoms with Gasteiger partial charge in [-0.2, -0.15) is 11.8 Å². The number of carbonyl (C=O) groups excluding carboxylic acids is 1. The number of amides is 1. The third-order valence-electron chi connectivity index (χ3n) is 2.91. The largest absolute Gasteiger partial charge is 0.395 e. The molecule has 0 aliphatic heterocycles. The van der Waals surface area contributed by atoms with E-state index in [1.54, 1.807) is 11.8 Å². The van der Waals surface area contributed by atoms with Crippen LogP contribution in [0.15, 0.2) is 18.2 Å². The van der Waals surface area contributed by atoms with Gasteiger partial charge < -0.3 is 10.4 Å². The van der Waals surface area contributed by atoms with Crippen molar-refractivity contribution >= 4 is 17.7 Å². The zero-order chi connectivity index (χ0) is 15.9. The fraction of sp³-hybridized carbons (Fsp3) is 0.438. The maximum atomic E-state index is 13.4. The van der Waals surface area contributed by atoms with Gasteiger partial charge in [-0.1, -0.05) is 11.8 Å². The van der Waals surface area contributed by atoms with Gasteiger partial charge in [0, 0.05) is 23.3 Å². The summed E-state index contributed by atoms with van der Waals surface area (Å²) in [6.07, 6.45) is 2.29. The van der Waals surface area contributed by atoms with Crippen molar-refractivity contribution < 1.29 is 14.3 Å². The molecule has 2 N–H and O–H groups in total. The third-order valence-corrected chi connectivity index (χ3v) is 4.16. The summed E-state index contributed by atoms with van der Waals surface area (Å²) >= 11 is 1.64. The molecular formula is C16H20FNO2S. The van der Waals surface area contributed by atoms with Gasteiger partial charge >= 0.3 is 0 Å². The summed E-state index contributed by atoms with van der Waals surface area (Å²) in [4.78, 5) is 12.2. The lowest BCUT2D eigenvalue weighted by molar-refractivity contribution is 0.0950. The van der Waals surface area contributed by atoms with E-state index in [-0.39, 0.29) is 22.8 Å². The van der Waals surface area contributed by atoms with Crippen LogP contribution in [-0.4, -0.2) is 35.2 Å². The minimum Gasteiger partial charge on any atom is -0.395 e. The Bertz CT molecular complexity index is 561. The predicted molar refractivity (Wildman–Crippen MR) is 84.9 cm³/mol. The lowest BCUT2D eigenvalue weighted by Crippen LogP contribution is -2.36. The number of thioether (sulfide) groups is 1. The maximum Gasteiger partial charge on any atom is 0.252 e. The summed E-state index contributed by atoms with van der Waals surface area (Å²) in [7, 11) is 0. The Kier molecular flexibility index (Phi) is 6.73. The molecule has 21 heavy (non-hydrogen) atoms. The normalized spacial score (nSPS) is 10.7. The Morgan fingerprint density at radius 1 is 1.48 bits per heavy atom. The number of aliphatic hydroxyl groups is 1. The molecule has 0 atom stereocenters. The molecule has 0 unspecified atom stereocenters. The number of hydrogen-bond acceptors (Lipinski definition) is 3. The molecule has 5 heteroatoms. The Morgan fingerprint density at radius 2 is 2.19 bits per heavy atom.